The highest BCUT2D eigenvalue weighted by atomic mass is 32.1. The lowest BCUT2D eigenvalue weighted by molar-refractivity contribution is 0.130. The molecule has 0 spiro atoms. The first-order valence-corrected chi connectivity index (χ1v) is 7.61. The summed E-state index contributed by atoms with van der Waals surface area (Å²) < 4.78 is 0. The minimum absolute atomic E-state index is 0.0234. The van der Waals surface area contributed by atoms with E-state index >= 15 is 0 Å². The van der Waals surface area contributed by atoms with Crippen LogP contribution in [0, 0.1) is 0 Å². The summed E-state index contributed by atoms with van der Waals surface area (Å²) in [5.41, 5.74) is -0.0234. The summed E-state index contributed by atoms with van der Waals surface area (Å²) >= 11 is 1.79. The summed E-state index contributed by atoms with van der Waals surface area (Å²) in [5.74, 6) is 0. The summed E-state index contributed by atoms with van der Waals surface area (Å²) in [7, 11) is 0. The van der Waals surface area contributed by atoms with Gasteiger partial charge in [0.25, 0.3) is 0 Å². The maximum Gasteiger partial charge on any atom is 0.0613 e. The van der Waals surface area contributed by atoms with E-state index in [0.29, 0.717) is 0 Å². The van der Waals surface area contributed by atoms with Crippen LogP contribution in [0.25, 0.3) is 0 Å². The molecule has 0 saturated heterocycles. The molecular weight excluding hydrogens is 230 g/mol. The fourth-order valence-electron chi connectivity index (χ4n) is 2.66. The van der Waals surface area contributed by atoms with Crippen LogP contribution in [0.4, 0.5) is 0 Å². The summed E-state index contributed by atoms with van der Waals surface area (Å²) in [5, 5.41) is 15.5. The highest BCUT2D eigenvalue weighted by Gasteiger charge is 2.28. The molecule has 2 N–H and O–H groups in total. The fourth-order valence-corrected chi connectivity index (χ4v) is 3.31. The van der Waals surface area contributed by atoms with Gasteiger partial charge in [-0.1, -0.05) is 38.2 Å². The number of rotatable bonds is 4. The van der Waals surface area contributed by atoms with Crippen molar-refractivity contribution in [2.24, 2.45) is 0 Å². The van der Waals surface area contributed by atoms with Crippen molar-refractivity contribution in [2.75, 3.05) is 6.61 Å². The quantitative estimate of drug-likeness (QED) is 0.863. The molecule has 2 rings (SSSR count). The Kier molecular flexibility index (Phi) is 5.01. The van der Waals surface area contributed by atoms with Crippen LogP contribution in [0.3, 0.4) is 0 Å². The Hall–Kier alpha value is -0.380. The van der Waals surface area contributed by atoms with Crippen LogP contribution in [-0.2, 0) is 6.54 Å². The Labute approximate surface area is 108 Å². The number of thiophene rings is 1. The van der Waals surface area contributed by atoms with Crippen LogP contribution in [0.1, 0.15) is 49.8 Å². The molecule has 0 amide bonds. The zero-order valence-electron chi connectivity index (χ0n) is 10.5. The van der Waals surface area contributed by atoms with Gasteiger partial charge in [0.1, 0.15) is 0 Å². The van der Waals surface area contributed by atoms with E-state index in [-0.39, 0.29) is 12.1 Å². The summed E-state index contributed by atoms with van der Waals surface area (Å²) in [6.45, 7) is 1.18. The molecule has 1 heterocycles. The van der Waals surface area contributed by atoms with Crippen molar-refractivity contribution in [3.05, 3.63) is 22.4 Å². The van der Waals surface area contributed by atoms with Crippen molar-refractivity contribution >= 4 is 11.3 Å². The molecule has 96 valence electrons. The van der Waals surface area contributed by atoms with E-state index in [1.807, 2.05) is 0 Å². The summed E-state index contributed by atoms with van der Waals surface area (Å²) in [6, 6.07) is 4.25. The van der Waals surface area contributed by atoms with Gasteiger partial charge in [-0.2, -0.15) is 0 Å². The minimum atomic E-state index is -0.0234. The standard InChI is InChI=1S/C14H23NOS/c16-12-14(8-4-2-1-3-5-9-14)15-11-13-7-6-10-17-13/h6-7,10,15-16H,1-5,8-9,11-12H2. The zero-order chi connectivity index (χ0) is 12.0. The van der Waals surface area contributed by atoms with Crippen LogP contribution in [-0.4, -0.2) is 17.3 Å². The van der Waals surface area contributed by atoms with Gasteiger partial charge in [-0.15, -0.1) is 11.3 Å². The second-order valence-corrected chi connectivity index (χ2v) is 6.17. The molecular formula is C14H23NOS. The van der Waals surface area contributed by atoms with Gasteiger partial charge >= 0.3 is 0 Å². The van der Waals surface area contributed by atoms with Gasteiger partial charge in [0, 0.05) is 17.0 Å². The molecule has 1 aliphatic carbocycles. The predicted molar refractivity (Wildman–Crippen MR) is 73.3 cm³/mol. The second-order valence-electron chi connectivity index (χ2n) is 5.14. The van der Waals surface area contributed by atoms with E-state index in [0.717, 1.165) is 19.4 Å². The maximum atomic E-state index is 9.73. The molecule has 1 aromatic rings. The largest absolute Gasteiger partial charge is 0.394 e. The Morgan fingerprint density at radius 2 is 1.88 bits per heavy atom. The average Bonchev–Trinajstić information content (AvgIpc) is 2.82. The maximum absolute atomic E-state index is 9.73. The normalized spacial score (nSPS) is 20.8. The van der Waals surface area contributed by atoms with Gasteiger partial charge < -0.3 is 10.4 Å². The molecule has 2 nitrogen and oxygen atoms in total. The van der Waals surface area contributed by atoms with Gasteiger partial charge in [0.05, 0.1) is 6.61 Å². The highest BCUT2D eigenvalue weighted by molar-refractivity contribution is 7.09. The number of aliphatic hydroxyl groups excluding tert-OH is 1. The van der Waals surface area contributed by atoms with Crippen molar-refractivity contribution < 1.29 is 5.11 Å². The predicted octanol–water partition coefficient (Wildman–Crippen LogP) is 3.31. The SMILES string of the molecule is OCC1(NCc2cccs2)CCCCCCC1. The fraction of sp³-hybridized carbons (Fsp3) is 0.714. The number of hydrogen-bond donors (Lipinski definition) is 2. The van der Waals surface area contributed by atoms with Crippen LogP contribution in [0.15, 0.2) is 17.5 Å². The van der Waals surface area contributed by atoms with E-state index in [1.165, 1.54) is 37.0 Å². The van der Waals surface area contributed by atoms with Crippen molar-refractivity contribution in [1.82, 2.24) is 5.32 Å². The molecule has 0 bridgehead atoms. The lowest BCUT2D eigenvalue weighted by atomic mass is 9.84. The number of nitrogens with one attached hydrogen (secondary N) is 1. The Morgan fingerprint density at radius 3 is 2.47 bits per heavy atom. The highest BCUT2D eigenvalue weighted by Crippen LogP contribution is 2.26. The van der Waals surface area contributed by atoms with Gasteiger partial charge in [0.15, 0.2) is 0 Å². The molecule has 17 heavy (non-hydrogen) atoms. The Bertz CT molecular complexity index is 302. The van der Waals surface area contributed by atoms with Crippen molar-refractivity contribution in [3.63, 3.8) is 0 Å². The molecule has 3 heteroatoms. The third-order valence-corrected chi connectivity index (χ3v) is 4.71. The third kappa shape index (κ3) is 3.80. The molecule has 1 aromatic heterocycles. The molecule has 0 atom stereocenters. The third-order valence-electron chi connectivity index (χ3n) is 3.83. The summed E-state index contributed by atoms with van der Waals surface area (Å²) in [4.78, 5) is 1.36. The average molecular weight is 253 g/mol. The first-order valence-electron chi connectivity index (χ1n) is 6.73. The van der Waals surface area contributed by atoms with E-state index in [4.69, 9.17) is 0 Å². The zero-order valence-corrected chi connectivity index (χ0v) is 11.3. The molecule has 1 fully saturated rings. The monoisotopic (exact) mass is 253 g/mol. The van der Waals surface area contributed by atoms with Crippen molar-refractivity contribution in [1.29, 1.82) is 0 Å². The smallest absolute Gasteiger partial charge is 0.0613 e. The number of hydrogen-bond acceptors (Lipinski definition) is 3. The van der Waals surface area contributed by atoms with E-state index in [1.54, 1.807) is 11.3 Å². The molecule has 1 saturated carbocycles. The van der Waals surface area contributed by atoms with Crippen LogP contribution in [0.2, 0.25) is 0 Å². The van der Waals surface area contributed by atoms with Gasteiger partial charge in [0.2, 0.25) is 0 Å². The molecule has 0 aliphatic heterocycles. The van der Waals surface area contributed by atoms with Crippen molar-refractivity contribution in [2.45, 2.75) is 57.0 Å². The van der Waals surface area contributed by atoms with Crippen LogP contribution >= 0.6 is 11.3 Å². The van der Waals surface area contributed by atoms with Gasteiger partial charge in [-0.05, 0) is 24.3 Å². The first-order chi connectivity index (χ1) is 8.35. The van der Waals surface area contributed by atoms with Crippen molar-refractivity contribution in [3.8, 4) is 0 Å². The van der Waals surface area contributed by atoms with E-state index in [9.17, 15) is 5.11 Å². The van der Waals surface area contributed by atoms with E-state index in [2.05, 4.69) is 22.8 Å². The lowest BCUT2D eigenvalue weighted by Crippen LogP contribution is -2.48. The van der Waals surface area contributed by atoms with Crippen LogP contribution < -0.4 is 5.32 Å². The minimum Gasteiger partial charge on any atom is -0.394 e. The lowest BCUT2D eigenvalue weighted by Gasteiger charge is -2.35. The van der Waals surface area contributed by atoms with Gasteiger partial charge in [-0.3, -0.25) is 0 Å². The second kappa shape index (κ2) is 6.53. The Morgan fingerprint density at radius 1 is 1.18 bits per heavy atom. The van der Waals surface area contributed by atoms with E-state index < -0.39 is 0 Å². The van der Waals surface area contributed by atoms with Crippen LogP contribution in [0.5, 0.6) is 0 Å². The molecule has 0 radical (unpaired) electrons. The number of aliphatic hydroxyl groups is 1. The van der Waals surface area contributed by atoms with Gasteiger partial charge in [-0.25, -0.2) is 0 Å². The topological polar surface area (TPSA) is 32.3 Å². The molecule has 1 aliphatic rings. The summed E-state index contributed by atoms with van der Waals surface area (Å²) in [6.07, 6.45) is 8.75. The first kappa shape index (κ1) is 13.1. The molecule has 0 unspecified atom stereocenters. The molecule has 0 aromatic carbocycles. The Balaban J connectivity index is 1.91.